The molecule has 9 heteroatoms. The Morgan fingerprint density at radius 3 is 2.19 bits per heavy atom. The quantitative estimate of drug-likeness (QED) is 0.216. The lowest BCUT2D eigenvalue weighted by Crippen LogP contribution is -2.11. The molecular formula is C22H38BrN3O3S2. The van der Waals surface area contributed by atoms with Gasteiger partial charge in [0.05, 0.1) is 18.9 Å². The zero-order chi connectivity index (χ0) is 23.2. The molecule has 0 saturated carbocycles. The maximum atomic E-state index is 5.88. The number of hydrogen-bond acceptors (Lipinski definition) is 5. The second-order valence-corrected chi connectivity index (χ2v) is 19.3. The van der Waals surface area contributed by atoms with E-state index in [0.29, 0.717) is 23.7 Å². The SMILES string of the molecule is Cc1nn(COCCS(C)(C)C)c(C)c1-c1cnc(Br)c(OCOCCS(C)(C)C)c1. The molecule has 0 N–H and O–H groups in total. The van der Waals surface area contributed by atoms with E-state index >= 15 is 0 Å². The molecule has 2 heterocycles. The first kappa shape index (κ1) is 26.5. The second-order valence-electron chi connectivity index (χ2n) is 9.36. The van der Waals surface area contributed by atoms with Crippen LogP contribution in [0.1, 0.15) is 11.4 Å². The molecule has 2 aromatic rings. The van der Waals surface area contributed by atoms with Gasteiger partial charge in [0, 0.05) is 34.5 Å². The van der Waals surface area contributed by atoms with Gasteiger partial charge >= 0.3 is 0 Å². The Hall–Kier alpha value is -0.740. The summed E-state index contributed by atoms with van der Waals surface area (Å²) in [6.45, 7) is 6.19. The van der Waals surface area contributed by atoms with Crippen LogP contribution in [0.3, 0.4) is 0 Å². The van der Waals surface area contributed by atoms with Crippen molar-refractivity contribution in [2.75, 3.05) is 69.0 Å². The highest BCUT2D eigenvalue weighted by molar-refractivity contribution is 9.10. The predicted octanol–water partition coefficient (Wildman–Crippen LogP) is 5.04. The van der Waals surface area contributed by atoms with Crippen LogP contribution in [-0.4, -0.2) is 83.8 Å². The van der Waals surface area contributed by atoms with E-state index in [1.165, 1.54) is 0 Å². The van der Waals surface area contributed by atoms with Gasteiger partial charge in [-0.2, -0.15) is 5.10 Å². The van der Waals surface area contributed by atoms with E-state index in [-0.39, 0.29) is 6.79 Å². The summed E-state index contributed by atoms with van der Waals surface area (Å²) in [6.07, 6.45) is 15.6. The summed E-state index contributed by atoms with van der Waals surface area (Å²) in [5.74, 6) is 2.82. The standard InChI is InChI=1S/C22H38BrN3O3S2/c1-17-21(18(2)26(25-17)15-27-9-11-30(3,4)5)19-13-20(22(23)24-14-19)29-16-28-10-12-31(6,7)8/h13-14H,9-12,15-16H2,1-8H3. The monoisotopic (exact) mass is 535 g/mol. The molecule has 0 aliphatic heterocycles. The first-order valence-electron chi connectivity index (χ1n) is 10.2. The largest absolute Gasteiger partial charge is 0.465 e. The molecule has 0 bridgehead atoms. The van der Waals surface area contributed by atoms with Crippen molar-refractivity contribution in [2.45, 2.75) is 20.6 Å². The van der Waals surface area contributed by atoms with E-state index in [0.717, 1.165) is 40.6 Å². The summed E-state index contributed by atoms with van der Waals surface area (Å²) >= 11 is 3.48. The third-order valence-electron chi connectivity index (χ3n) is 4.67. The Labute approximate surface area is 199 Å². The lowest BCUT2D eigenvalue weighted by atomic mass is 10.1. The Balaban J connectivity index is 2.04. The summed E-state index contributed by atoms with van der Waals surface area (Å²) in [6, 6.07) is 1.99. The highest BCUT2D eigenvalue weighted by Gasteiger charge is 2.16. The van der Waals surface area contributed by atoms with Crippen molar-refractivity contribution in [1.82, 2.24) is 14.8 Å². The fraction of sp³-hybridized carbons (Fsp3) is 0.636. The molecule has 178 valence electrons. The third kappa shape index (κ3) is 8.96. The van der Waals surface area contributed by atoms with Gasteiger partial charge in [-0.15, -0.1) is 0 Å². The van der Waals surface area contributed by atoms with Crippen molar-refractivity contribution in [3.05, 3.63) is 28.3 Å². The van der Waals surface area contributed by atoms with E-state index in [1.807, 2.05) is 23.9 Å². The third-order valence-corrected chi connectivity index (χ3v) is 8.05. The van der Waals surface area contributed by atoms with Crippen LogP contribution in [0.5, 0.6) is 5.75 Å². The molecule has 6 nitrogen and oxygen atoms in total. The highest BCUT2D eigenvalue weighted by atomic mass is 79.9. The second kappa shape index (κ2) is 11.4. The molecule has 0 spiro atoms. The van der Waals surface area contributed by atoms with Crippen LogP contribution in [0.15, 0.2) is 16.9 Å². The van der Waals surface area contributed by atoms with Gasteiger partial charge in [0.1, 0.15) is 11.3 Å². The smallest absolute Gasteiger partial charge is 0.189 e. The molecule has 0 amide bonds. The van der Waals surface area contributed by atoms with E-state index in [1.54, 1.807) is 0 Å². The Morgan fingerprint density at radius 2 is 1.58 bits per heavy atom. The number of halogens is 1. The Kier molecular flexibility index (Phi) is 9.76. The van der Waals surface area contributed by atoms with Gasteiger partial charge in [-0.05, 0) is 73.4 Å². The van der Waals surface area contributed by atoms with Crippen molar-refractivity contribution in [3.63, 3.8) is 0 Å². The number of hydrogen-bond donors (Lipinski definition) is 0. The van der Waals surface area contributed by atoms with E-state index < -0.39 is 20.1 Å². The fourth-order valence-corrected chi connectivity index (χ4v) is 4.41. The molecule has 0 fully saturated rings. The van der Waals surface area contributed by atoms with Crippen LogP contribution >= 0.6 is 36.0 Å². The van der Waals surface area contributed by atoms with Gasteiger partial charge in [0.2, 0.25) is 0 Å². The Morgan fingerprint density at radius 1 is 0.968 bits per heavy atom. The average Bonchev–Trinajstić information content (AvgIpc) is 2.92. The molecule has 31 heavy (non-hydrogen) atoms. The molecule has 0 atom stereocenters. The zero-order valence-electron chi connectivity index (χ0n) is 20.2. The van der Waals surface area contributed by atoms with Gasteiger partial charge in [0.15, 0.2) is 12.5 Å². The normalized spacial score (nSPS) is 13.5. The number of ether oxygens (including phenoxy) is 3. The van der Waals surface area contributed by atoms with Crippen LogP contribution in [0.25, 0.3) is 11.1 Å². The number of aryl methyl sites for hydroxylation is 1. The summed E-state index contributed by atoms with van der Waals surface area (Å²) in [7, 11) is -1.12. The van der Waals surface area contributed by atoms with Crippen molar-refractivity contribution in [3.8, 4) is 16.9 Å². The lowest BCUT2D eigenvalue weighted by Gasteiger charge is -2.24. The van der Waals surface area contributed by atoms with Crippen molar-refractivity contribution in [1.29, 1.82) is 0 Å². The molecule has 0 aliphatic rings. The van der Waals surface area contributed by atoms with Gasteiger partial charge in [0.25, 0.3) is 0 Å². The average molecular weight is 537 g/mol. The summed E-state index contributed by atoms with van der Waals surface area (Å²) < 4.78 is 20.0. The molecule has 0 aliphatic carbocycles. The van der Waals surface area contributed by atoms with Crippen LogP contribution in [0.4, 0.5) is 0 Å². The zero-order valence-corrected chi connectivity index (χ0v) is 23.4. The molecule has 2 aromatic heterocycles. The van der Waals surface area contributed by atoms with Crippen LogP contribution in [0, 0.1) is 13.8 Å². The van der Waals surface area contributed by atoms with Gasteiger partial charge in [-0.1, -0.05) is 0 Å². The fourth-order valence-electron chi connectivity index (χ4n) is 2.84. The predicted molar refractivity (Wildman–Crippen MR) is 140 cm³/mol. The molecular weight excluding hydrogens is 498 g/mol. The summed E-state index contributed by atoms with van der Waals surface area (Å²) in [4.78, 5) is 4.46. The minimum atomic E-state index is -0.564. The molecule has 0 aromatic carbocycles. The van der Waals surface area contributed by atoms with Crippen LogP contribution in [-0.2, 0) is 16.2 Å². The van der Waals surface area contributed by atoms with Crippen molar-refractivity contribution >= 4 is 36.0 Å². The number of rotatable bonds is 12. The van der Waals surface area contributed by atoms with Crippen molar-refractivity contribution < 1.29 is 14.2 Å². The maximum Gasteiger partial charge on any atom is 0.189 e. The van der Waals surface area contributed by atoms with Crippen LogP contribution < -0.4 is 4.74 Å². The first-order valence-corrected chi connectivity index (χ1v) is 17.0. The lowest BCUT2D eigenvalue weighted by molar-refractivity contribution is 0.0229. The minimum absolute atomic E-state index is 0.208. The van der Waals surface area contributed by atoms with Crippen LogP contribution in [0.2, 0.25) is 0 Å². The van der Waals surface area contributed by atoms with Gasteiger partial charge in [-0.25, -0.2) is 29.7 Å². The molecule has 2 rings (SSSR count). The van der Waals surface area contributed by atoms with E-state index in [2.05, 4.69) is 70.5 Å². The molecule has 0 radical (unpaired) electrons. The number of nitrogens with zero attached hydrogens (tertiary/aromatic N) is 3. The Bertz CT molecular complexity index is 861. The van der Waals surface area contributed by atoms with E-state index in [4.69, 9.17) is 14.2 Å². The van der Waals surface area contributed by atoms with Gasteiger partial charge < -0.3 is 14.2 Å². The highest BCUT2D eigenvalue weighted by Crippen LogP contribution is 2.35. The maximum absolute atomic E-state index is 5.88. The molecule has 0 saturated heterocycles. The molecule has 0 unspecified atom stereocenters. The number of aromatic nitrogens is 3. The van der Waals surface area contributed by atoms with Gasteiger partial charge in [-0.3, -0.25) is 0 Å². The number of pyridine rings is 1. The summed E-state index contributed by atoms with van der Waals surface area (Å²) in [5, 5.41) is 4.68. The van der Waals surface area contributed by atoms with E-state index in [9.17, 15) is 0 Å². The topological polar surface area (TPSA) is 58.4 Å². The summed E-state index contributed by atoms with van der Waals surface area (Å²) in [5.41, 5.74) is 4.03. The first-order chi connectivity index (χ1) is 14.4. The van der Waals surface area contributed by atoms with Crippen molar-refractivity contribution in [2.24, 2.45) is 0 Å². The minimum Gasteiger partial charge on any atom is -0.465 e.